The fourth-order valence-electron chi connectivity index (χ4n) is 11.2. The number of esters is 3. The molecule has 6 heteroatoms. The normalized spacial score (nSPS) is 12.3. The minimum Gasteiger partial charge on any atom is -0.462 e. The molecular weight excluding hydrogens is 1020 g/mol. The van der Waals surface area contributed by atoms with Gasteiger partial charge in [-0.15, -0.1) is 0 Å². The quantitative estimate of drug-likeness (QED) is 0.0261. The maximum atomic E-state index is 13.0. The van der Waals surface area contributed by atoms with E-state index in [1.807, 2.05) is 0 Å². The zero-order valence-electron chi connectivity index (χ0n) is 56.0. The number of allylic oxidation sites excluding steroid dienone is 8. The van der Waals surface area contributed by atoms with Gasteiger partial charge in [-0.25, -0.2) is 0 Å². The first kappa shape index (κ1) is 80.4. The van der Waals surface area contributed by atoms with E-state index >= 15 is 0 Å². The molecule has 0 amide bonds. The van der Waals surface area contributed by atoms with E-state index in [9.17, 15) is 14.4 Å². The van der Waals surface area contributed by atoms with Crippen molar-refractivity contribution >= 4 is 17.9 Å². The summed E-state index contributed by atoms with van der Waals surface area (Å²) in [7, 11) is 0. The molecule has 1 unspecified atom stereocenters. The third-order valence-corrected chi connectivity index (χ3v) is 16.8. The monoisotopic (exact) mass is 1160 g/mol. The standard InChI is InChI=1S/C77H142O6/c1-4-7-10-13-16-19-22-25-27-29-31-33-35-36-37-38-39-40-42-43-45-47-49-52-55-58-61-64-67-70-76(79)82-73-74(72-81-75(78)69-66-63-60-57-54-51-24-21-18-15-12-9-6-3)83-77(80)71-68-65-62-59-56-53-50-48-46-44-41-34-32-30-28-26-23-20-17-14-11-8-5-2/h22-23,25-26,29-32,74H,4-21,24,27-28,33-73H2,1-3H3/b25-22-,26-23-,31-29-,32-30-. The van der Waals surface area contributed by atoms with Gasteiger partial charge in [-0.2, -0.15) is 0 Å². The maximum absolute atomic E-state index is 13.0. The fourth-order valence-corrected chi connectivity index (χ4v) is 11.2. The Kier molecular flexibility index (Phi) is 69.6. The summed E-state index contributed by atoms with van der Waals surface area (Å²) in [4.78, 5) is 38.5. The van der Waals surface area contributed by atoms with Crippen molar-refractivity contribution in [3.05, 3.63) is 48.6 Å². The van der Waals surface area contributed by atoms with Gasteiger partial charge < -0.3 is 14.2 Å². The lowest BCUT2D eigenvalue weighted by atomic mass is 10.0. The summed E-state index contributed by atoms with van der Waals surface area (Å²) in [5.41, 5.74) is 0. The Morgan fingerprint density at radius 3 is 0.663 bits per heavy atom. The molecule has 0 saturated carbocycles. The highest BCUT2D eigenvalue weighted by Gasteiger charge is 2.19. The van der Waals surface area contributed by atoms with Crippen molar-refractivity contribution in [2.45, 2.75) is 412 Å². The van der Waals surface area contributed by atoms with Crippen LogP contribution in [0.1, 0.15) is 406 Å². The van der Waals surface area contributed by atoms with E-state index in [2.05, 4.69) is 69.4 Å². The summed E-state index contributed by atoms with van der Waals surface area (Å²) in [5, 5.41) is 0. The van der Waals surface area contributed by atoms with E-state index in [1.165, 1.54) is 295 Å². The molecule has 1 atom stereocenters. The molecule has 486 valence electrons. The van der Waals surface area contributed by atoms with Crippen LogP contribution in [0.2, 0.25) is 0 Å². The van der Waals surface area contributed by atoms with Crippen molar-refractivity contribution in [3.63, 3.8) is 0 Å². The number of carbonyl (C=O) groups is 3. The first-order valence-electron chi connectivity index (χ1n) is 37.1. The van der Waals surface area contributed by atoms with Gasteiger partial charge in [-0.05, 0) is 83.5 Å². The molecule has 0 aromatic carbocycles. The Balaban J connectivity index is 4.20. The Labute approximate surface area is 518 Å². The summed E-state index contributed by atoms with van der Waals surface area (Å²) in [6.45, 7) is 6.69. The van der Waals surface area contributed by atoms with E-state index < -0.39 is 6.10 Å². The molecule has 0 radical (unpaired) electrons. The van der Waals surface area contributed by atoms with Gasteiger partial charge in [0.15, 0.2) is 6.10 Å². The number of ether oxygens (including phenoxy) is 3. The van der Waals surface area contributed by atoms with Crippen molar-refractivity contribution < 1.29 is 28.6 Å². The van der Waals surface area contributed by atoms with Gasteiger partial charge in [-0.1, -0.05) is 352 Å². The highest BCUT2D eigenvalue weighted by atomic mass is 16.6. The minimum atomic E-state index is -0.772. The molecular formula is C77H142O6. The largest absolute Gasteiger partial charge is 0.462 e. The topological polar surface area (TPSA) is 78.9 Å². The van der Waals surface area contributed by atoms with Crippen LogP contribution in [0.4, 0.5) is 0 Å². The van der Waals surface area contributed by atoms with Gasteiger partial charge in [0.2, 0.25) is 0 Å². The summed E-state index contributed by atoms with van der Waals surface area (Å²) in [5.74, 6) is -0.841. The number of unbranched alkanes of at least 4 members (excludes halogenated alkanes) is 50. The number of hydrogen-bond acceptors (Lipinski definition) is 6. The molecule has 0 aromatic rings. The van der Waals surface area contributed by atoms with Gasteiger partial charge in [0, 0.05) is 19.3 Å². The predicted octanol–water partition coefficient (Wildman–Crippen LogP) is 25.7. The van der Waals surface area contributed by atoms with Gasteiger partial charge in [0.1, 0.15) is 13.2 Å². The fraction of sp³-hybridized carbons (Fsp3) is 0.857. The molecule has 0 N–H and O–H groups in total. The van der Waals surface area contributed by atoms with Crippen LogP contribution in [0.3, 0.4) is 0 Å². The first-order chi connectivity index (χ1) is 41.0. The Morgan fingerprint density at radius 1 is 0.241 bits per heavy atom. The average Bonchev–Trinajstić information content (AvgIpc) is 3.49. The Hall–Kier alpha value is -2.63. The van der Waals surface area contributed by atoms with Gasteiger partial charge in [-0.3, -0.25) is 14.4 Å². The highest BCUT2D eigenvalue weighted by Crippen LogP contribution is 2.18. The second-order valence-corrected chi connectivity index (χ2v) is 25.2. The van der Waals surface area contributed by atoms with Crippen LogP contribution < -0.4 is 0 Å². The van der Waals surface area contributed by atoms with E-state index in [-0.39, 0.29) is 31.1 Å². The lowest BCUT2D eigenvalue weighted by Crippen LogP contribution is -2.30. The molecule has 0 spiro atoms. The zero-order chi connectivity index (χ0) is 59.9. The molecule has 0 aliphatic carbocycles. The molecule has 83 heavy (non-hydrogen) atoms. The molecule has 0 bridgehead atoms. The molecule has 0 fully saturated rings. The summed E-state index contributed by atoms with van der Waals surface area (Å²) in [6.07, 6.45) is 91.5. The van der Waals surface area contributed by atoms with Gasteiger partial charge in [0.25, 0.3) is 0 Å². The lowest BCUT2D eigenvalue weighted by Gasteiger charge is -2.18. The Morgan fingerprint density at radius 2 is 0.434 bits per heavy atom. The number of rotatable bonds is 69. The first-order valence-corrected chi connectivity index (χ1v) is 37.1. The molecule has 0 aliphatic heterocycles. The zero-order valence-corrected chi connectivity index (χ0v) is 56.0. The Bertz CT molecular complexity index is 1430. The van der Waals surface area contributed by atoms with Crippen molar-refractivity contribution in [2.24, 2.45) is 0 Å². The predicted molar refractivity (Wildman–Crippen MR) is 362 cm³/mol. The number of carbonyl (C=O) groups excluding carboxylic acids is 3. The van der Waals surface area contributed by atoms with Crippen molar-refractivity contribution in [1.82, 2.24) is 0 Å². The molecule has 0 aliphatic rings. The van der Waals surface area contributed by atoms with E-state index in [0.717, 1.165) is 70.6 Å². The maximum Gasteiger partial charge on any atom is 0.306 e. The van der Waals surface area contributed by atoms with Gasteiger partial charge >= 0.3 is 17.9 Å². The van der Waals surface area contributed by atoms with Crippen LogP contribution in [-0.2, 0) is 28.6 Å². The van der Waals surface area contributed by atoms with E-state index in [0.29, 0.717) is 19.3 Å². The van der Waals surface area contributed by atoms with Crippen LogP contribution in [0.15, 0.2) is 48.6 Å². The van der Waals surface area contributed by atoms with E-state index in [4.69, 9.17) is 14.2 Å². The van der Waals surface area contributed by atoms with Crippen molar-refractivity contribution in [2.75, 3.05) is 13.2 Å². The van der Waals surface area contributed by atoms with Crippen LogP contribution >= 0.6 is 0 Å². The summed E-state index contributed by atoms with van der Waals surface area (Å²) in [6, 6.07) is 0. The molecule has 0 rings (SSSR count). The smallest absolute Gasteiger partial charge is 0.306 e. The number of hydrogen-bond donors (Lipinski definition) is 0. The van der Waals surface area contributed by atoms with Crippen molar-refractivity contribution in [3.8, 4) is 0 Å². The average molecular weight is 1160 g/mol. The molecule has 6 nitrogen and oxygen atoms in total. The van der Waals surface area contributed by atoms with Gasteiger partial charge in [0.05, 0.1) is 0 Å². The lowest BCUT2D eigenvalue weighted by molar-refractivity contribution is -0.167. The second kappa shape index (κ2) is 71.8. The minimum absolute atomic E-state index is 0.0681. The highest BCUT2D eigenvalue weighted by molar-refractivity contribution is 5.71. The SMILES string of the molecule is CCCCCCC/C=C\C/C=C\CCCCCCCCCCCCCCCCCCCC(=O)OCC(COC(=O)CCCCCCCCCCCCCCC)OC(=O)CCCCCCCCCCCCC/C=C\C/C=C\CCCCCCC. The molecule has 0 heterocycles. The van der Waals surface area contributed by atoms with E-state index in [1.54, 1.807) is 0 Å². The third kappa shape index (κ3) is 70.0. The molecule has 0 saturated heterocycles. The second-order valence-electron chi connectivity index (χ2n) is 25.2. The molecule has 0 aromatic heterocycles. The van der Waals surface area contributed by atoms with Crippen molar-refractivity contribution in [1.29, 1.82) is 0 Å². The summed E-state index contributed by atoms with van der Waals surface area (Å²) < 4.78 is 17.0. The third-order valence-electron chi connectivity index (χ3n) is 16.8. The summed E-state index contributed by atoms with van der Waals surface area (Å²) >= 11 is 0. The van der Waals surface area contributed by atoms with Crippen LogP contribution in [0.25, 0.3) is 0 Å². The van der Waals surface area contributed by atoms with Crippen LogP contribution in [0.5, 0.6) is 0 Å². The van der Waals surface area contributed by atoms with Crippen LogP contribution in [-0.4, -0.2) is 37.2 Å². The van der Waals surface area contributed by atoms with Crippen LogP contribution in [0, 0.1) is 0 Å².